The molecule has 0 aliphatic rings. The van der Waals surface area contributed by atoms with Crippen LogP contribution >= 0.6 is 11.6 Å². The first-order chi connectivity index (χ1) is 14.3. The third-order valence-corrected chi connectivity index (χ3v) is 6.50. The van der Waals surface area contributed by atoms with E-state index >= 15 is 0 Å². The van der Waals surface area contributed by atoms with Gasteiger partial charge < -0.3 is 5.32 Å². The molecule has 5 nitrogen and oxygen atoms in total. The van der Waals surface area contributed by atoms with E-state index in [1.807, 2.05) is 30.3 Å². The molecule has 3 aromatic rings. The molecule has 0 aromatic heterocycles. The van der Waals surface area contributed by atoms with Gasteiger partial charge in [-0.3, -0.25) is 4.79 Å². The third kappa shape index (κ3) is 5.89. The number of amides is 1. The summed E-state index contributed by atoms with van der Waals surface area (Å²) in [5, 5.41) is 3.01. The second kappa shape index (κ2) is 9.84. The van der Waals surface area contributed by atoms with Gasteiger partial charge in [-0.15, -0.1) is 0 Å². The maximum atomic E-state index is 13.2. The standard InChI is InChI=1S/C22H20ClFN2O3S/c23-18-6-12-21(13-7-18)30(28,29)26(15-14-17-4-2-1-3-5-17)16-22(27)25-20-10-8-19(24)9-11-20/h1-13H,14-16H2,(H,25,27). The van der Waals surface area contributed by atoms with Gasteiger partial charge in [-0.25, -0.2) is 12.8 Å². The van der Waals surface area contributed by atoms with E-state index in [4.69, 9.17) is 11.6 Å². The molecule has 30 heavy (non-hydrogen) atoms. The van der Waals surface area contributed by atoms with E-state index in [0.29, 0.717) is 17.1 Å². The van der Waals surface area contributed by atoms with Crippen molar-refractivity contribution in [1.29, 1.82) is 0 Å². The highest BCUT2D eigenvalue weighted by atomic mass is 35.5. The van der Waals surface area contributed by atoms with E-state index in [2.05, 4.69) is 5.32 Å². The molecule has 0 saturated carbocycles. The molecular weight excluding hydrogens is 427 g/mol. The van der Waals surface area contributed by atoms with E-state index in [-0.39, 0.29) is 18.0 Å². The molecule has 1 amide bonds. The predicted molar refractivity (Wildman–Crippen MR) is 115 cm³/mol. The van der Waals surface area contributed by atoms with Gasteiger partial charge in [0.05, 0.1) is 11.4 Å². The summed E-state index contributed by atoms with van der Waals surface area (Å²) in [5.41, 5.74) is 1.33. The number of sulfonamides is 1. The Bertz CT molecular complexity index is 1090. The van der Waals surface area contributed by atoms with Crippen molar-refractivity contribution < 1.29 is 17.6 Å². The Labute approximate surface area is 180 Å². The Kier molecular flexibility index (Phi) is 7.20. The van der Waals surface area contributed by atoms with Gasteiger partial charge in [-0.2, -0.15) is 4.31 Å². The molecule has 0 spiro atoms. The van der Waals surface area contributed by atoms with Crippen LogP contribution in [0, 0.1) is 5.82 Å². The van der Waals surface area contributed by atoms with Gasteiger partial charge in [-0.1, -0.05) is 41.9 Å². The average molecular weight is 447 g/mol. The van der Waals surface area contributed by atoms with E-state index < -0.39 is 21.7 Å². The maximum Gasteiger partial charge on any atom is 0.243 e. The van der Waals surface area contributed by atoms with Gasteiger partial charge in [0.25, 0.3) is 0 Å². The summed E-state index contributed by atoms with van der Waals surface area (Å²) in [6, 6.07) is 20.5. The van der Waals surface area contributed by atoms with Gasteiger partial charge in [-0.05, 0) is 60.5 Å². The fourth-order valence-corrected chi connectivity index (χ4v) is 4.36. The minimum atomic E-state index is -3.93. The summed E-state index contributed by atoms with van der Waals surface area (Å²) < 4.78 is 40.5. The van der Waals surface area contributed by atoms with E-state index in [0.717, 1.165) is 9.87 Å². The molecule has 0 fully saturated rings. The zero-order valence-corrected chi connectivity index (χ0v) is 17.5. The van der Waals surface area contributed by atoms with Crippen molar-refractivity contribution in [2.75, 3.05) is 18.4 Å². The van der Waals surface area contributed by atoms with E-state index in [1.54, 1.807) is 0 Å². The van der Waals surface area contributed by atoms with Crippen LogP contribution in [0.3, 0.4) is 0 Å². The van der Waals surface area contributed by atoms with Gasteiger partial charge in [0.15, 0.2) is 0 Å². The Morgan fingerprint density at radius 1 is 0.933 bits per heavy atom. The summed E-state index contributed by atoms with van der Waals surface area (Å²) in [4.78, 5) is 12.6. The molecule has 0 saturated heterocycles. The number of benzene rings is 3. The van der Waals surface area contributed by atoms with Gasteiger partial charge in [0, 0.05) is 17.3 Å². The Balaban J connectivity index is 1.79. The van der Waals surface area contributed by atoms with Crippen LogP contribution in [0.5, 0.6) is 0 Å². The lowest BCUT2D eigenvalue weighted by molar-refractivity contribution is -0.116. The van der Waals surface area contributed by atoms with Crippen molar-refractivity contribution in [3.63, 3.8) is 0 Å². The second-order valence-corrected chi connectivity index (χ2v) is 8.96. The largest absolute Gasteiger partial charge is 0.325 e. The van der Waals surface area contributed by atoms with Crippen molar-refractivity contribution in [3.05, 3.63) is 95.3 Å². The van der Waals surface area contributed by atoms with Crippen LogP contribution in [0.2, 0.25) is 5.02 Å². The summed E-state index contributed by atoms with van der Waals surface area (Å²) in [7, 11) is -3.93. The monoisotopic (exact) mass is 446 g/mol. The van der Waals surface area contributed by atoms with Crippen LogP contribution in [0.4, 0.5) is 10.1 Å². The lowest BCUT2D eigenvalue weighted by atomic mass is 10.1. The van der Waals surface area contributed by atoms with Crippen molar-refractivity contribution in [3.8, 4) is 0 Å². The van der Waals surface area contributed by atoms with Gasteiger partial charge >= 0.3 is 0 Å². The van der Waals surface area contributed by atoms with Crippen LogP contribution in [0.15, 0.2) is 83.8 Å². The number of carbonyl (C=O) groups excluding carboxylic acids is 1. The van der Waals surface area contributed by atoms with Crippen molar-refractivity contribution in [2.45, 2.75) is 11.3 Å². The summed E-state index contributed by atoms with van der Waals surface area (Å²) in [6.45, 7) is -0.263. The molecule has 0 bridgehead atoms. The molecule has 156 valence electrons. The second-order valence-electron chi connectivity index (χ2n) is 6.58. The number of nitrogens with one attached hydrogen (secondary N) is 1. The highest BCUT2D eigenvalue weighted by Crippen LogP contribution is 2.19. The normalized spacial score (nSPS) is 11.4. The number of hydrogen-bond acceptors (Lipinski definition) is 3. The quantitative estimate of drug-likeness (QED) is 0.559. The van der Waals surface area contributed by atoms with Gasteiger partial charge in [0.1, 0.15) is 5.82 Å². The summed E-state index contributed by atoms with van der Waals surface area (Å²) in [6.07, 6.45) is 0.442. The lowest BCUT2D eigenvalue weighted by Gasteiger charge is -2.22. The fraction of sp³-hybridized carbons (Fsp3) is 0.136. The topological polar surface area (TPSA) is 66.5 Å². The van der Waals surface area contributed by atoms with E-state index in [1.165, 1.54) is 48.5 Å². The minimum absolute atomic E-state index is 0.0505. The highest BCUT2D eigenvalue weighted by molar-refractivity contribution is 7.89. The number of nitrogens with zero attached hydrogens (tertiary/aromatic N) is 1. The molecule has 0 heterocycles. The first-order valence-corrected chi connectivity index (χ1v) is 11.0. The molecule has 0 radical (unpaired) electrons. The molecular formula is C22H20ClFN2O3S. The van der Waals surface area contributed by atoms with Crippen molar-refractivity contribution in [2.24, 2.45) is 0 Å². The SMILES string of the molecule is O=C(CN(CCc1ccccc1)S(=O)(=O)c1ccc(Cl)cc1)Nc1ccc(F)cc1. The maximum absolute atomic E-state index is 13.2. The molecule has 1 N–H and O–H groups in total. The van der Waals surface area contributed by atoms with Crippen LogP contribution in [-0.2, 0) is 21.2 Å². The molecule has 0 aliphatic carbocycles. The Morgan fingerprint density at radius 3 is 2.20 bits per heavy atom. The molecule has 0 aliphatic heterocycles. The molecule has 3 rings (SSSR count). The fourth-order valence-electron chi connectivity index (χ4n) is 2.83. The number of anilines is 1. The number of hydrogen-bond donors (Lipinski definition) is 1. The third-order valence-electron chi connectivity index (χ3n) is 4.39. The predicted octanol–water partition coefficient (Wildman–Crippen LogP) is 4.35. The lowest BCUT2D eigenvalue weighted by Crippen LogP contribution is -2.39. The molecule has 8 heteroatoms. The average Bonchev–Trinajstić information content (AvgIpc) is 2.73. The van der Waals surface area contributed by atoms with Crippen LogP contribution in [-0.4, -0.2) is 31.7 Å². The molecule has 3 aromatic carbocycles. The van der Waals surface area contributed by atoms with Crippen LogP contribution in [0.25, 0.3) is 0 Å². The summed E-state index contributed by atoms with van der Waals surface area (Å²) >= 11 is 5.87. The van der Waals surface area contributed by atoms with Gasteiger partial charge in [0.2, 0.25) is 15.9 Å². The van der Waals surface area contributed by atoms with Crippen molar-refractivity contribution >= 4 is 33.2 Å². The Hall–Kier alpha value is -2.74. The minimum Gasteiger partial charge on any atom is -0.325 e. The van der Waals surface area contributed by atoms with E-state index in [9.17, 15) is 17.6 Å². The smallest absolute Gasteiger partial charge is 0.243 e. The Morgan fingerprint density at radius 2 is 1.57 bits per heavy atom. The summed E-state index contributed by atoms with van der Waals surface area (Å²) in [5.74, 6) is -0.949. The number of rotatable bonds is 8. The zero-order chi connectivity index (χ0) is 21.6. The highest BCUT2D eigenvalue weighted by Gasteiger charge is 2.26. The van der Waals surface area contributed by atoms with Crippen molar-refractivity contribution in [1.82, 2.24) is 4.31 Å². The zero-order valence-electron chi connectivity index (χ0n) is 16.0. The van der Waals surface area contributed by atoms with Crippen LogP contribution < -0.4 is 5.32 Å². The number of carbonyl (C=O) groups is 1. The van der Waals surface area contributed by atoms with Crippen LogP contribution in [0.1, 0.15) is 5.56 Å². The first kappa shape index (κ1) is 22.0. The molecule has 0 atom stereocenters. The first-order valence-electron chi connectivity index (χ1n) is 9.20. The molecule has 0 unspecified atom stereocenters. The number of halogens is 2.